The molecule has 0 saturated carbocycles. The van der Waals surface area contributed by atoms with Crippen molar-refractivity contribution in [1.29, 1.82) is 0 Å². The van der Waals surface area contributed by atoms with E-state index < -0.39 is 35.5 Å². The zero-order valence-electron chi connectivity index (χ0n) is 26.9. The van der Waals surface area contributed by atoms with Crippen LogP contribution in [-0.4, -0.2) is 91.6 Å². The standard InChI is InChI=1S/C35H48N4O6/c1-24(2)19-28(32(41)35(4)23-45-35)37-34(43)30(21-26-11-7-5-8-12-26)38-33(42)29(20-25(3)27-13-9-6-10-14-27)36-31(40)22-39-15-17-44-18-16-39/h5-14,24-25,28-30H,15-23H2,1-4H3,(H,36,40)(H,37,43)(H,38,42)/t25-,28-,29?,30-,35+/m0/s1. The van der Waals surface area contributed by atoms with E-state index in [4.69, 9.17) is 9.47 Å². The van der Waals surface area contributed by atoms with Gasteiger partial charge >= 0.3 is 0 Å². The lowest BCUT2D eigenvalue weighted by Gasteiger charge is -2.29. The van der Waals surface area contributed by atoms with Crippen molar-refractivity contribution < 1.29 is 28.7 Å². The summed E-state index contributed by atoms with van der Waals surface area (Å²) in [5, 5.41) is 8.82. The molecule has 0 bridgehead atoms. The average Bonchev–Trinajstić information content (AvgIpc) is 3.79. The van der Waals surface area contributed by atoms with Crippen LogP contribution in [0.2, 0.25) is 0 Å². The molecule has 0 aromatic heterocycles. The van der Waals surface area contributed by atoms with E-state index in [1.54, 1.807) is 6.92 Å². The second-order valence-electron chi connectivity index (χ2n) is 12.9. The molecule has 10 heteroatoms. The van der Waals surface area contributed by atoms with Gasteiger partial charge in [0.1, 0.15) is 17.7 Å². The molecule has 244 valence electrons. The highest BCUT2D eigenvalue weighted by molar-refractivity contribution is 5.98. The molecular weight excluding hydrogens is 572 g/mol. The summed E-state index contributed by atoms with van der Waals surface area (Å²) in [6.07, 6.45) is 1.01. The number of nitrogens with one attached hydrogen (secondary N) is 3. The first kappa shape index (κ1) is 34.3. The Morgan fingerprint density at radius 2 is 1.38 bits per heavy atom. The molecule has 3 N–H and O–H groups in total. The smallest absolute Gasteiger partial charge is 0.243 e. The van der Waals surface area contributed by atoms with Gasteiger partial charge in [-0.15, -0.1) is 0 Å². The Morgan fingerprint density at radius 1 is 0.800 bits per heavy atom. The first-order valence-electron chi connectivity index (χ1n) is 16.0. The zero-order chi connectivity index (χ0) is 32.4. The van der Waals surface area contributed by atoms with Crippen LogP contribution in [-0.2, 0) is 35.1 Å². The van der Waals surface area contributed by atoms with Crippen LogP contribution >= 0.6 is 0 Å². The highest BCUT2D eigenvalue weighted by Crippen LogP contribution is 2.29. The van der Waals surface area contributed by atoms with Gasteiger partial charge in [0, 0.05) is 19.5 Å². The summed E-state index contributed by atoms with van der Waals surface area (Å²) in [5.41, 5.74) is 1.00. The third kappa shape index (κ3) is 10.5. The van der Waals surface area contributed by atoms with Gasteiger partial charge in [-0.2, -0.15) is 0 Å². The Morgan fingerprint density at radius 3 is 1.98 bits per heavy atom. The van der Waals surface area contributed by atoms with E-state index >= 15 is 0 Å². The summed E-state index contributed by atoms with van der Waals surface area (Å²) in [4.78, 5) is 56.3. The molecule has 0 spiro atoms. The van der Waals surface area contributed by atoms with Gasteiger partial charge in [-0.25, -0.2) is 0 Å². The minimum atomic E-state index is -0.971. The van der Waals surface area contributed by atoms with E-state index in [1.807, 2.05) is 86.3 Å². The summed E-state index contributed by atoms with van der Waals surface area (Å²) in [6, 6.07) is 16.6. The quantitative estimate of drug-likeness (QED) is 0.246. The van der Waals surface area contributed by atoms with Crippen molar-refractivity contribution in [2.24, 2.45) is 5.92 Å². The van der Waals surface area contributed by atoms with Crippen LogP contribution in [0.3, 0.4) is 0 Å². The van der Waals surface area contributed by atoms with Crippen LogP contribution in [0.5, 0.6) is 0 Å². The number of nitrogens with zero attached hydrogens (tertiary/aromatic N) is 1. The number of carbonyl (C=O) groups excluding carboxylic acids is 4. The minimum Gasteiger partial charge on any atom is -0.379 e. The highest BCUT2D eigenvalue weighted by atomic mass is 16.6. The van der Waals surface area contributed by atoms with Gasteiger partial charge in [0.05, 0.1) is 32.4 Å². The second-order valence-corrected chi connectivity index (χ2v) is 12.9. The SMILES string of the molecule is CC(C)C[C@H](NC(=O)[C@H](Cc1ccccc1)NC(=O)C(C[C@H](C)c1ccccc1)NC(=O)CN1CCOCC1)C(=O)[C@@]1(C)CO1. The third-order valence-electron chi connectivity index (χ3n) is 8.43. The fourth-order valence-corrected chi connectivity index (χ4v) is 5.63. The van der Waals surface area contributed by atoms with Crippen LogP contribution in [0.25, 0.3) is 0 Å². The van der Waals surface area contributed by atoms with Crippen molar-refractivity contribution in [3.8, 4) is 0 Å². The van der Waals surface area contributed by atoms with Crippen LogP contribution in [0.1, 0.15) is 57.6 Å². The number of epoxide rings is 1. The number of amides is 3. The topological polar surface area (TPSA) is 129 Å². The van der Waals surface area contributed by atoms with E-state index in [0.29, 0.717) is 45.8 Å². The van der Waals surface area contributed by atoms with E-state index in [-0.39, 0.29) is 36.5 Å². The molecule has 2 aliphatic rings. The maximum Gasteiger partial charge on any atom is 0.243 e. The average molecular weight is 621 g/mol. The van der Waals surface area contributed by atoms with E-state index in [0.717, 1.165) is 11.1 Å². The molecular formula is C35H48N4O6. The number of Topliss-reactive ketones (excluding diaryl/α,β-unsaturated/α-hetero) is 1. The second kappa shape index (κ2) is 16.1. The predicted octanol–water partition coefficient (Wildman–Crippen LogP) is 2.61. The molecule has 5 atom stereocenters. The minimum absolute atomic E-state index is 0.0423. The maximum absolute atomic E-state index is 14.0. The molecule has 4 rings (SSSR count). The van der Waals surface area contributed by atoms with Gasteiger partial charge in [0.25, 0.3) is 0 Å². The lowest BCUT2D eigenvalue weighted by molar-refractivity contribution is -0.134. The molecule has 2 aliphatic heterocycles. The van der Waals surface area contributed by atoms with Crippen LogP contribution < -0.4 is 16.0 Å². The van der Waals surface area contributed by atoms with Gasteiger partial charge in [-0.3, -0.25) is 24.1 Å². The van der Waals surface area contributed by atoms with Crippen molar-refractivity contribution in [2.45, 2.75) is 76.6 Å². The molecule has 3 amide bonds. The zero-order valence-corrected chi connectivity index (χ0v) is 26.9. The maximum atomic E-state index is 14.0. The van der Waals surface area contributed by atoms with E-state index in [9.17, 15) is 19.2 Å². The Labute approximate surface area is 266 Å². The Bertz CT molecular complexity index is 1280. The van der Waals surface area contributed by atoms with Gasteiger partial charge < -0.3 is 25.4 Å². The Kier molecular flexibility index (Phi) is 12.3. The molecule has 0 aliphatic carbocycles. The van der Waals surface area contributed by atoms with Gasteiger partial charge in [-0.1, -0.05) is 81.4 Å². The molecule has 2 saturated heterocycles. The van der Waals surface area contributed by atoms with Gasteiger partial charge in [0.2, 0.25) is 17.7 Å². The van der Waals surface area contributed by atoms with Crippen LogP contribution in [0.4, 0.5) is 0 Å². The molecule has 2 aromatic rings. The first-order valence-corrected chi connectivity index (χ1v) is 16.0. The number of rotatable bonds is 16. The van der Waals surface area contributed by atoms with Crippen molar-refractivity contribution in [2.75, 3.05) is 39.5 Å². The molecule has 10 nitrogen and oxygen atoms in total. The van der Waals surface area contributed by atoms with Crippen LogP contribution in [0.15, 0.2) is 60.7 Å². The van der Waals surface area contributed by atoms with Crippen molar-refractivity contribution in [1.82, 2.24) is 20.9 Å². The number of benzene rings is 2. The van der Waals surface area contributed by atoms with E-state index in [2.05, 4.69) is 16.0 Å². The Hall–Kier alpha value is -3.60. The lowest BCUT2D eigenvalue weighted by Crippen LogP contribution is -2.58. The number of ketones is 1. The summed E-state index contributed by atoms with van der Waals surface area (Å²) >= 11 is 0. The van der Waals surface area contributed by atoms with Crippen molar-refractivity contribution in [3.63, 3.8) is 0 Å². The molecule has 0 radical (unpaired) electrons. The molecule has 2 aromatic carbocycles. The lowest BCUT2D eigenvalue weighted by atomic mass is 9.92. The summed E-state index contributed by atoms with van der Waals surface area (Å²) in [6.45, 7) is 10.6. The fourth-order valence-electron chi connectivity index (χ4n) is 5.63. The van der Waals surface area contributed by atoms with E-state index in [1.165, 1.54) is 0 Å². The highest BCUT2D eigenvalue weighted by Gasteiger charge is 2.50. The molecule has 2 heterocycles. The largest absolute Gasteiger partial charge is 0.379 e. The van der Waals surface area contributed by atoms with Crippen LogP contribution in [0, 0.1) is 5.92 Å². The van der Waals surface area contributed by atoms with Crippen molar-refractivity contribution in [3.05, 3.63) is 71.8 Å². The number of carbonyl (C=O) groups is 4. The number of morpholine rings is 1. The normalized spacial score (nSPS) is 20.8. The predicted molar refractivity (Wildman–Crippen MR) is 171 cm³/mol. The monoisotopic (exact) mass is 620 g/mol. The molecule has 2 fully saturated rings. The summed E-state index contributed by atoms with van der Waals surface area (Å²) in [7, 11) is 0. The summed E-state index contributed by atoms with van der Waals surface area (Å²) < 4.78 is 10.8. The third-order valence-corrected chi connectivity index (χ3v) is 8.43. The van der Waals surface area contributed by atoms with Gasteiger partial charge in [0.15, 0.2) is 5.78 Å². The number of hydrogen-bond acceptors (Lipinski definition) is 7. The summed E-state index contributed by atoms with van der Waals surface area (Å²) in [5.74, 6) is -1.23. The molecule has 45 heavy (non-hydrogen) atoms. The Balaban J connectivity index is 1.53. The molecule has 1 unspecified atom stereocenters. The number of hydrogen-bond donors (Lipinski definition) is 3. The first-order chi connectivity index (χ1) is 21.5. The van der Waals surface area contributed by atoms with Crippen molar-refractivity contribution >= 4 is 23.5 Å². The number of ether oxygens (including phenoxy) is 2. The fraction of sp³-hybridized carbons (Fsp3) is 0.543. The van der Waals surface area contributed by atoms with Gasteiger partial charge in [-0.05, 0) is 42.7 Å².